The van der Waals surface area contributed by atoms with Crippen LogP contribution in [0.4, 0.5) is 0 Å². The number of nitrogens with one attached hydrogen (secondary N) is 1. The number of hydrogen-bond donors (Lipinski definition) is 1. The Balaban J connectivity index is 1.52. The number of rotatable bonds is 6. The lowest BCUT2D eigenvalue weighted by Gasteiger charge is -2.26. The lowest BCUT2D eigenvalue weighted by molar-refractivity contribution is -0.121. The molecule has 1 aliphatic heterocycles. The molecule has 1 saturated heterocycles. The maximum absolute atomic E-state index is 11.7. The molecule has 1 aliphatic carbocycles. The highest BCUT2D eigenvalue weighted by atomic mass is 16.5. The number of nitrogens with zero attached hydrogens (tertiary/aromatic N) is 1. The van der Waals surface area contributed by atoms with E-state index in [-0.39, 0.29) is 5.91 Å². The normalized spacial score (nSPS) is 20.9. The molecule has 2 rings (SSSR count). The van der Waals surface area contributed by atoms with Gasteiger partial charge in [0.05, 0.1) is 13.2 Å². The van der Waals surface area contributed by atoms with Gasteiger partial charge in [-0.15, -0.1) is 0 Å². The zero-order chi connectivity index (χ0) is 13.3. The quantitative estimate of drug-likeness (QED) is 0.744. The highest BCUT2D eigenvalue weighted by molar-refractivity contribution is 5.76. The van der Waals surface area contributed by atoms with E-state index < -0.39 is 0 Å². The average molecular weight is 266 g/mol. The maximum Gasteiger partial charge on any atom is 0.221 e. The fourth-order valence-corrected chi connectivity index (χ4v) is 2.67. The third-order valence-electron chi connectivity index (χ3n) is 3.91. The van der Waals surface area contributed by atoms with Crippen molar-refractivity contribution < 1.29 is 9.53 Å². The second-order valence-corrected chi connectivity index (χ2v) is 5.41. The summed E-state index contributed by atoms with van der Waals surface area (Å²) in [5, 5.41) is 3.03. The summed E-state index contributed by atoms with van der Waals surface area (Å²) >= 11 is 0. The van der Waals surface area contributed by atoms with Crippen molar-refractivity contribution in [2.24, 2.45) is 0 Å². The monoisotopic (exact) mass is 266 g/mol. The molecule has 0 radical (unpaired) electrons. The minimum atomic E-state index is 0.183. The minimum Gasteiger partial charge on any atom is -0.379 e. The van der Waals surface area contributed by atoms with Crippen molar-refractivity contribution in [3.05, 3.63) is 11.6 Å². The Morgan fingerprint density at radius 2 is 2.16 bits per heavy atom. The summed E-state index contributed by atoms with van der Waals surface area (Å²) in [6.07, 6.45) is 9.09. The van der Waals surface area contributed by atoms with Gasteiger partial charge in [-0.3, -0.25) is 9.69 Å². The van der Waals surface area contributed by atoms with Crippen molar-refractivity contribution in [3.8, 4) is 0 Å². The summed E-state index contributed by atoms with van der Waals surface area (Å²) in [5.74, 6) is 0.183. The first kappa shape index (κ1) is 14.5. The van der Waals surface area contributed by atoms with Gasteiger partial charge >= 0.3 is 0 Å². The largest absolute Gasteiger partial charge is 0.379 e. The van der Waals surface area contributed by atoms with Gasteiger partial charge in [0.1, 0.15) is 0 Å². The molecule has 1 N–H and O–H groups in total. The molecular weight excluding hydrogens is 240 g/mol. The summed E-state index contributed by atoms with van der Waals surface area (Å²) in [5.41, 5.74) is 1.53. The Morgan fingerprint density at radius 1 is 1.32 bits per heavy atom. The summed E-state index contributed by atoms with van der Waals surface area (Å²) < 4.78 is 5.29. The highest BCUT2D eigenvalue weighted by Crippen LogP contribution is 2.19. The van der Waals surface area contributed by atoms with E-state index in [4.69, 9.17) is 4.74 Å². The van der Waals surface area contributed by atoms with Gasteiger partial charge in [-0.05, 0) is 32.1 Å². The fraction of sp³-hybridized carbons (Fsp3) is 0.800. The van der Waals surface area contributed by atoms with E-state index >= 15 is 0 Å². The SMILES string of the molecule is O=C(CCN1CCOCC1)NCCC1=CCCCC1. The molecule has 19 heavy (non-hydrogen) atoms. The topological polar surface area (TPSA) is 41.6 Å². The molecule has 1 heterocycles. The van der Waals surface area contributed by atoms with Crippen LogP contribution < -0.4 is 5.32 Å². The molecule has 4 nitrogen and oxygen atoms in total. The number of carbonyl (C=O) groups excluding carboxylic acids is 1. The lowest BCUT2D eigenvalue weighted by atomic mass is 9.97. The molecule has 0 saturated carbocycles. The van der Waals surface area contributed by atoms with E-state index in [1.807, 2.05) is 0 Å². The summed E-state index contributed by atoms with van der Waals surface area (Å²) in [4.78, 5) is 14.0. The van der Waals surface area contributed by atoms with Gasteiger partial charge in [0.2, 0.25) is 5.91 Å². The fourth-order valence-electron chi connectivity index (χ4n) is 2.67. The smallest absolute Gasteiger partial charge is 0.221 e. The van der Waals surface area contributed by atoms with Crippen LogP contribution in [-0.2, 0) is 9.53 Å². The molecule has 0 unspecified atom stereocenters. The van der Waals surface area contributed by atoms with Crippen LogP contribution in [0.5, 0.6) is 0 Å². The number of carbonyl (C=O) groups is 1. The van der Waals surface area contributed by atoms with Crippen LogP contribution in [0.15, 0.2) is 11.6 Å². The van der Waals surface area contributed by atoms with E-state index in [9.17, 15) is 4.79 Å². The Labute approximate surface area is 116 Å². The second kappa shape index (κ2) is 8.33. The molecule has 1 amide bonds. The van der Waals surface area contributed by atoms with Crippen LogP contribution in [0, 0.1) is 0 Å². The van der Waals surface area contributed by atoms with E-state index in [0.717, 1.165) is 45.8 Å². The molecule has 1 fully saturated rings. The molecular formula is C15H26N2O2. The van der Waals surface area contributed by atoms with Crippen LogP contribution in [-0.4, -0.2) is 50.2 Å². The van der Waals surface area contributed by atoms with E-state index in [0.29, 0.717) is 6.42 Å². The van der Waals surface area contributed by atoms with Crippen LogP contribution >= 0.6 is 0 Å². The van der Waals surface area contributed by atoms with Crippen LogP contribution in [0.25, 0.3) is 0 Å². The van der Waals surface area contributed by atoms with Crippen molar-refractivity contribution in [1.82, 2.24) is 10.2 Å². The average Bonchev–Trinajstić information content (AvgIpc) is 2.47. The van der Waals surface area contributed by atoms with Crippen molar-refractivity contribution in [3.63, 3.8) is 0 Å². The Hall–Kier alpha value is -0.870. The van der Waals surface area contributed by atoms with Crippen LogP contribution in [0.1, 0.15) is 38.5 Å². The zero-order valence-corrected chi connectivity index (χ0v) is 11.8. The van der Waals surface area contributed by atoms with Crippen molar-refractivity contribution in [2.75, 3.05) is 39.4 Å². The Morgan fingerprint density at radius 3 is 2.89 bits per heavy atom. The van der Waals surface area contributed by atoms with E-state index in [1.165, 1.54) is 31.3 Å². The number of ether oxygens (including phenoxy) is 1. The molecule has 0 spiro atoms. The van der Waals surface area contributed by atoms with Crippen LogP contribution in [0.3, 0.4) is 0 Å². The van der Waals surface area contributed by atoms with Gasteiger partial charge in [0.15, 0.2) is 0 Å². The third kappa shape index (κ3) is 5.74. The van der Waals surface area contributed by atoms with Gasteiger partial charge < -0.3 is 10.1 Å². The number of allylic oxidation sites excluding steroid dienone is 1. The van der Waals surface area contributed by atoms with Gasteiger partial charge in [-0.2, -0.15) is 0 Å². The first-order valence-corrected chi connectivity index (χ1v) is 7.59. The summed E-state index contributed by atoms with van der Waals surface area (Å²) in [7, 11) is 0. The number of hydrogen-bond acceptors (Lipinski definition) is 3. The predicted molar refractivity (Wildman–Crippen MR) is 76.1 cm³/mol. The molecule has 0 atom stereocenters. The van der Waals surface area contributed by atoms with Gasteiger partial charge in [0, 0.05) is 32.6 Å². The first-order valence-electron chi connectivity index (χ1n) is 7.59. The molecule has 0 aromatic carbocycles. The highest BCUT2D eigenvalue weighted by Gasteiger charge is 2.11. The third-order valence-corrected chi connectivity index (χ3v) is 3.91. The van der Waals surface area contributed by atoms with Gasteiger partial charge in [-0.25, -0.2) is 0 Å². The Kier molecular flexibility index (Phi) is 6.37. The van der Waals surface area contributed by atoms with E-state index in [2.05, 4.69) is 16.3 Å². The van der Waals surface area contributed by atoms with Crippen molar-refractivity contribution >= 4 is 5.91 Å². The molecule has 2 aliphatic rings. The minimum absolute atomic E-state index is 0.183. The number of morpholine rings is 1. The van der Waals surface area contributed by atoms with Crippen LogP contribution in [0.2, 0.25) is 0 Å². The van der Waals surface area contributed by atoms with Crippen molar-refractivity contribution in [1.29, 1.82) is 0 Å². The Bertz CT molecular complexity index is 309. The van der Waals surface area contributed by atoms with E-state index in [1.54, 1.807) is 0 Å². The first-order chi connectivity index (χ1) is 9.34. The summed E-state index contributed by atoms with van der Waals surface area (Å²) in [6.45, 7) is 5.18. The second-order valence-electron chi connectivity index (χ2n) is 5.41. The van der Waals surface area contributed by atoms with Gasteiger partial charge in [0.25, 0.3) is 0 Å². The van der Waals surface area contributed by atoms with Gasteiger partial charge in [-0.1, -0.05) is 11.6 Å². The molecule has 0 bridgehead atoms. The molecule has 0 aromatic rings. The zero-order valence-electron chi connectivity index (χ0n) is 11.8. The maximum atomic E-state index is 11.7. The lowest BCUT2D eigenvalue weighted by Crippen LogP contribution is -2.38. The predicted octanol–water partition coefficient (Wildman–Crippen LogP) is 1.72. The number of amides is 1. The molecule has 0 aromatic heterocycles. The molecule has 108 valence electrons. The summed E-state index contributed by atoms with van der Waals surface area (Å²) in [6, 6.07) is 0. The van der Waals surface area contributed by atoms with Crippen molar-refractivity contribution in [2.45, 2.75) is 38.5 Å². The molecule has 4 heteroatoms. The standard InChI is InChI=1S/C15H26N2O2/c18-15(7-9-17-10-12-19-13-11-17)16-8-6-14-4-2-1-3-5-14/h4H,1-3,5-13H2,(H,16,18).